The highest BCUT2D eigenvalue weighted by Crippen LogP contribution is 2.44. The molecule has 184 valence electrons. The predicted octanol–water partition coefficient (Wildman–Crippen LogP) is 6.30. The van der Waals surface area contributed by atoms with Crippen molar-refractivity contribution >= 4 is 58.5 Å². The van der Waals surface area contributed by atoms with Crippen LogP contribution in [0.3, 0.4) is 0 Å². The third kappa shape index (κ3) is 4.55. The van der Waals surface area contributed by atoms with Gasteiger partial charge in [-0.15, -0.1) is 0 Å². The van der Waals surface area contributed by atoms with Crippen LogP contribution < -0.4 is 15.1 Å². The quantitative estimate of drug-likeness (QED) is 0.381. The number of fused-ring (bicyclic) bond motifs is 1. The number of anilines is 2. The van der Waals surface area contributed by atoms with E-state index >= 15 is 4.39 Å². The van der Waals surface area contributed by atoms with Crippen LogP contribution in [-0.4, -0.2) is 29.9 Å². The summed E-state index contributed by atoms with van der Waals surface area (Å²) in [6, 6.07) is 6.47. The van der Waals surface area contributed by atoms with Crippen LogP contribution in [0, 0.1) is 5.82 Å². The number of imide groups is 2. The fraction of sp³-hybridized carbons (Fsp3) is 0.346. The molecule has 35 heavy (non-hydrogen) atoms. The molecule has 2 aliphatic heterocycles. The van der Waals surface area contributed by atoms with E-state index < -0.39 is 23.7 Å². The fourth-order valence-electron chi connectivity index (χ4n) is 4.97. The molecule has 2 aromatic carbocycles. The summed E-state index contributed by atoms with van der Waals surface area (Å²) in [5.74, 6) is -2.22. The molecule has 2 heterocycles. The summed E-state index contributed by atoms with van der Waals surface area (Å²) >= 11 is 12.1. The maximum Gasteiger partial charge on any atom is 0.335 e. The van der Waals surface area contributed by atoms with E-state index in [1.807, 2.05) is 0 Å². The third-order valence-electron chi connectivity index (χ3n) is 6.50. The minimum absolute atomic E-state index is 0.0575. The van der Waals surface area contributed by atoms with Gasteiger partial charge < -0.3 is 4.90 Å². The van der Waals surface area contributed by atoms with Crippen molar-refractivity contribution in [3.63, 3.8) is 0 Å². The molecule has 0 saturated carbocycles. The number of urea groups is 1. The Balaban J connectivity index is 1.78. The fourth-order valence-corrected chi connectivity index (χ4v) is 5.47. The van der Waals surface area contributed by atoms with E-state index in [0.29, 0.717) is 5.02 Å². The molecular formula is C26H26Cl2FN3O3. The topological polar surface area (TPSA) is 69.7 Å². The van der Waals surface area contributed by atoms with Gasteiger partial charge in [-0.1, -0.05) is 37.0 Å². The van der Waals surface area contributed by atoms with Gasteiger partial charge in [-0.05, 0) is 74.6 Å². The van der Waals surface area contributed by atoms with E-state index in [1.54, 1.807) is 6.07 Å². The highest BCUT2D eigenvalue weighted by molar-refractivity contribution is 6.42. The number of halogens is 3. The second-order valence-electron chi connectivity index (χ2n) is 9.56. The van der Waals surface area contributed by atoms with Gasteiger partial charge >= 0.3 is 6.03 Å². The zero-order valence-electron chi connectivity index (χ0n) is 19.9. The Morgan fingerprint density at radius 1 is 1.14 bits per heavy atom. The minimum atomic E-state index is -0.946. The number of carbonyl (C=O) groups excluding carboxylic acids is 3. The van der Waals surface area contributed by atoms with E-state index in [-0.39, 0.29) is 33.3 Å². The Morgan fingerprint density at radius 3 is 2.51 bits per heavy atom. The summed E-state index contributed by atoms with van der Waals surface area (Å²) in [6.07, 6.45) is 2.97. The Labute approximate surface area is 213 Å². The Morgan fingerprint density at radius 2 is 1.86 bits per heavy atom. The summed E-state index contributed by atoms with van der Waals surface area (Å²) in [4.78, 5) is 41.3. The van der Waals surface area contributed by atoms with Gasteiger partial charge in [0.2, 0.25) is 0 Å². The van der Waals surface area contributed by atoms with Crippen molar-refractivity contribution in [1.82, 2.24) is 5.32 Å². The molecule has 0 spiro atoms. The van der Waals surface area contributed by atoms with Gasteiger partial charge in [0, 0.05) is 28.4 Å². The molecule has 0 aromatic heterocycles. The van der Waals surface area contributed by atoms with Gasteiger partial charge in [0.25, 0.3) is 11.8 Å². The zero-order chi connectivity index (χ0) is 25.7. The Hall–Kier alpha value is -2.90. The third-order valence-corrected chi connectivity index (χ3v) is 7.04. The number of nitrogens with one attached hydrogen (secondary N) is 1. The average molecular weight is 518 g/mol. The monoisotopic (exact) mass is 517 g/mol. The molecule has 6 nitrogen and oxygen atoms in total. The lowest BCUT2D eigenvalue weighted by Gasteiger charge is -2.47. The van der Waals surface area contributed by atoms with Gasteiger partial charge in [-0.3, -0.25) is 14.9 Å². The van der Waals surface area contributed by atoms with E-state index in [2.05, 4.69) is 37.9 Å². The summed E-state index contributed by atoms with van der Waals surface area (Å²) < 4.78 is 15.4. The van der Waals surface area contributed by atoms with Gasteiger partial charge in [0.05, 0.1) is 10.7 Å². The van der Waals surface area contributed by atoms with Crippen molar-refractivity contribution in [2.75, 3.05) is 16.3 Å². The lowest BCUT2D eigenvalue weighted by atomic mass is 9.79. The maximum atomic E-state index is 15.4. The molecule has 9 heteroatoms. The maximum absolute atomic E-state index is 15.4. The van der Waals surface area contributed by atoms with E-state index in [9.17, 15) is 14.4 Å². The van der Waals surface area contributed by atoms with Crippen LogP contribution in [0.5, 0.6) is 0 Å². The van der Waals surface area contributed by atoms with Gasteiger partial charge in [0.15, 0.2) is 0 Å². The Kier molecular flexibility index (Phi) is 6.68. The van der Waals surface area contributed by atoms with Crippen molar-refractivity contribution in [3.8, 4) is 0 Å². The number of barbiturate groups is 1. The Bertz CT molecular complexity index is 1270. The highest BCUT2D eigenvalue weighted by Gasteiger charge is 2.39. The second kappa shape index (κ2) is 9.28. The van der Waals surface area contributed by atoms with Crippen molar-refractivity contribution in [3.05, 3.63) is 62.9 Å². The van der Waals surface area contributed by atoms with Gasteiger partial charge in [0.1, 0.15) is 11.4 Å². The van der Waals surface area contributed by atoms with E-state index in [0.717, 1.165) is 35.5 Å². The standard InChI is InChI=1S/C26H26Cl2FN3O3/c1-5-8-31-22-12-20(29)15(9-17(22)14(2)13-26(31,3)4)10-18-23(33)30-25(35)32(24(18)34)21-7-6-16(27)11-19(21)28/h6-7,9-12,14H,5,8,13H2,1-4H3,(H,30,33,35)/b18-10-. The minimum Gasteiger partial charge on any atom is -0.366 e. The molecule has 0 aliphatic carbocycles. The molecule has 4 amide bonds. The number of carbonyl (C=O) groups is 3. The largest absolute Gasteiger partial charge is 0.366 e. The van der Waals surface area contributed by atoms with Crippen LogP contribution >= 0.6 is 23.2 Å². The molecule has 1 atom stereocenters. The van der Waals surface area contributed by atoms with Crippen LogP contribution in [0.25, 0.3) is 6.08 Å². The molecule has 0 bridgehead atoms. The second-order valence-corrected chi connectivity index (χ2v) is 10.4. The van der Waals surface area contributed by atoms with Crippen molar-refractivity contribution in [2.24, 2.45) is 0 Å². The SMILES string of the molecule is CCCN1c2cc(F)c(/C=C3/C(=O)NC(=O)N(c4ccc(Cl)cc4Cl)C3=O)cc2C(C)CC1(C)C. The molecule has 1 unspecified atom stereocenters. The molecule has 2 aromatic rings. The summed E-state index contributed by atoms with van der Waals surface area (Å²) in [7, 11) is 0. The predicted molar refractivity (Wildman–Crippen MR) is 137 cm³/mol. The molecule has 1 saturated heterocycles. The molecule has 4 rings (SSSR count). The number of rotatable bonds is 4. The summed E-state index contributed by atoms with van der Waals surface area (Å²) in [5, 5.41) is 2.51. The van der Waals surface area contributed by atoms with Crippen molar-refractivity contribution in [2.45, 2.75) is 52.0 Å². The van der Waals surface area contributed by atoms with Crippen molar-refractivity contribution < 1.29 is 18.8 Å². The zero-order valence-corrected chi connectivity index (χ0v) is 21.4. The van der Waals surface area contributed by atoms with Crippen LogP contribution in [0.4, 0.5) is 20.6 Å². The highest BCUT2D eigenvalue weighted by atomic mass is 35.5. The van der Waals surface area contributed by atoms with Gasteiger partial charge in [-0.2, -0.15) is 0 Å². The van der Waals surface area contributed by atoms with Crippen LogP contribution in [-0.2, 0) is 9.59 Å². The van der Waals surface area contributed by atoms with Gasteiger partial charge in [-0.25, -0.2) is 14.1 Å². The first-order chi connectivity index (χ1) is 16.4. The number of benzene rings is 2. The molecule has 1 fully saturated rings. The molecule has 2 aliphatic rings. The van der Waals surface area contributed by atoms with E-state index in [1.165, 1.54) is 30.3 Å². The molecule has 1 N–H and O–H groups in total. The average Bonchev–Trinajstić information content (AvgIpc) is 2.75. The van der Waals surface area contributed by atoms with Crippen LogP contribution in [0.1, 0.15) is 57.6 Å². The number of hydrogen-bond acceptors (Lipinski definition) is 4. The number of amides is 4. The van der Waals surface area contributed by atoms with E-state index in [4.69, 9.17) is 23.2 Å². The normalized spacial score (nSPS) is 20.8. The number of hydrogen-bond donors (Lipinski definition) is 1. The molecule has 0 radical (unpaired) electrons. The summed E-state index contributed by atoms with van der Waals surface area (Å²) in [5.41, 5.74) is 1.43. The first-order valence-corrected chi connectivity index (χ1v) is 12.2. The first-order valence-electron chi connectivity index (χ1n) is 11.4. The van der Waals surface area contributed by atoms with Crippen LogP contribution in [0.15, 0.2) is 35.9 Å². The first kappa shape index (κ1) is 25.2. The smallest absolute Gasteiger partial charge is 0.335 e. The lowest BCUT2D eigenvalue weighted by molar-refractivity contribution is -0.122. The lowest BCUT2D eigenvalue weighted by Crippen LogP contribution is -2.54. The van der Waals surface area contributed by atoms with Crippen molar-refractivity contribution in [1.29, 1.82) is 0 Å². The summed E-state index contributed by atoms with van der Waals surface area (Å²) in [6.45, 7) is 9.24. The number of nitrogens with zero attached hydrogens (tertiary/aromatic N) is 2. The molecular weight excluding hydrogens is 492 g/mol. The van der Waals surface area contributed by atoms with Crippen LogP contribution in [0.2, 0.25) is 10.0 Å².